The van der Waals surface area contributed by atoms with Gasteiger partial charge < -0.3 is 14.9 Å². The summed E-state index contributed by atoms with van der Waals surface area (Å²) in [5.74, 6) is 0.665. The Morgan fingerprint density at radius 3 is 2.89 bits per heavy atom. The second-order valence-corrected chi connectivity index (χ2v) is 7.33. The first-order valence-corrected chi connectivity index (χ1v) is 9.39. The molecule has 0 aliphatic heterocycles. The Kier molecular flexibility index (Phi) is 5.92. The number of nitrogens with zero attached hydrogens (tertiary/aromatic N) is 3. The minimum atomic E-state index is -0.518. The van der Waals surface area contributed by atoms with E-state index in [-0.39, 0.29) is 18.1 Å². The van der Waals surface area contributed by atoms with Crippen molar-refractivity contribution in [1.82, 2.24) is 14.7 Å². The fourth-order valence-electron chi connectivity index (χ4n) is 2.53. The van der Waals surface area contributed by atoms with E-state index in [4.69, 9.17) is 9.63 Å². The lowest BCUT2D eigenvalue weighted by molar-refractivity contribution is -0.115. The first-order chi connectivity index (χ1) is 13.0. The van der Waals surface area contributed by atoms with Gasteiger partial charge in [-0.25, -0.2) is 4.98 Å². The highest BCUT2D eigenvalue weighted by atomic mass is 32.2. The molecule has 3 aromatic rings. The van der Waals surface area contributed by atoms with Gasteiger partial charge in [-0.05, 0) is 32.4 Å². The van der Waals surface area contributed by atoms with Crippen LogP contribution < -0.4 is 10.9 Å². The van der Waals surface area contributed by atoms with Crippen LogP contribution in [0.2, 0.25) is 0 Å². The topological polar surface area (TPSA) is 110 Å². The molecule has 8 nitrogen and oxygen atoms in total. The summed E-state index contributed by atoms with van der Waals surface area (Å²) in [6.07, 6.45) is 0.423. The van der Waals surface area contributed by atoms with Crippen molar-refractivity contribution in [2.75, 3.05) is 11.9 Å². The summed E-state index contributed by atoms with van der Waals surface area (Å²) in [5.41, 5.74) is 0.390. The highest BCUT2D eigenvalue weighted by Gasteiger charge is 2.20. The number of aliphatic hydroxyl groups excluding tert-OH is 1. The molecule has 0 radical (unpaired) electrons. The van der Waals surface area contributed by atoms with Crippen molar-refractivity contribution in [3.05, 3.63) is 46.4 Å². The van der Waals surface area contributed by atoms with Crippen molar-refractivity contribution in [1.29, 1.82) is 0 Å². The van der Waals surface area contributed by atoms with Crippen LogP contribution in [-0.2, 0) is 11.3 Å². The van der Waals surface area contributed by atoms with E-state index >= 15 is 0 Å². The maximum atomic E-state index is 12.8. The van der Waals surface area contributed by atoms with Crippen LogP contribution in [0.1, 0.15) is 19.1 Å². The number of benzene rings is 1. The molecular formula is C18H20N4O4S. The SMILES string of the molecule is Cc1cc(NC(=O)C(C)Sc2nc3ccccc3c(=O)n2CCCO)no1. The third-order valence-electron chi connectivity index (χ3n) is 3.90. The maximum absolute atomic E-state index is 12.8. The van der Waals surface area contributed by atoms with E-state index in [0.29, 0.717) is 40.6 Å². The molecule has 3 rings (SSSR count). The molecule has 0 saturated carbocycles. The molecule has 0 aliphatic rings. The summed E-state index contributed by atoms with van der Waals surface area (Å²) in [4.78, 5) is 29.8. The van der Waals surface area contributed by atoms with Crippen LogP contribution in [0.5, 0.6) is 0 Å². The summed E-state index contributed by atoms with van der Waals surface area (Å²) in [6.45, 7) is 3.75. The van der Waals surface area contributed by atoms with Crippen molar-refractivity contribution < 1.29 is 14.4 Å². The average molecular weight is 388 g/mol. The van der Waals surface area contributed by atoms with Crippen LogP contribution >= 0.6 is 11.8 Å². The van der Waals surface area contributed by atoms with Gasteiger partial charge in [-0.2, -0.15) is 0 Å². The van der Waals surface area contributed by atoms with Crippen LogP contribution in [0.15, 0.2) is 44.8 Å². The molecule has 1 atom stereocenters. The zero-order valence-electron chi connectivity index (χ0n) is 15.0. The quantitative estimate of drug-likeness (QED) is 0.471. The van der Waals surface area contributed by atoms with Crippen molar-refractivity contribution in [2.45, 2.75) is 37.2 Å². The second-order valence-electron chi connectivity index (χ2n) is 6.02. The summed E-state index contributed by atoms with van der Waals surface area (Å²) < 4.78 is 6.44. The number of aliphatic hydroxyl groups is 1. The molecule has 0 saturated heterocycles. The Morgan fingerprint density at radius 2 is 2.19 bits per heavy atom. The van der Waals surface area contributed by atoms with Gasteiger partial charge in [-0.15, -0.1) is 0 Å². The molecule has 0 fully saturated rings. The van der Waals surface area contributed by atoms with Gasteiger partial charge in [0, 0.05) is 19.2 Å². The van der Waals surface area contributed by atoms with Crippen LogP contribution in [0, 0.1) is 6.92 Å². The highest BCUT2D eigenvalue weighted by molar-refractivity contribution is 8.00. The zero-order valence-corrected chi connectivity index (χ0v) is 15.8. The molecule has 9 heteroatoms. The number of aryl methyl sites for hydroxylation is 1. The molecule has 1 unspecified atom stereocenters. The van der Waals surface area contributed by atoms with Crippen molar-refractivity contribution in [2.24, 2.45) is 0 Å². The third kappa shape index (κ3) is 4.37. The molecule has 27 heavy (non-hydrogen) atoms. The minimum absolute atomic E-state index is 0.0368. The van der Waals surface area contributed by atoms with Crippen LogP contribution in [0.25, 0.3) is 10.9 Å². The summed E-state index contributed by atoms with van der Waals surface area (Å²) >= 11 is 1.18. The number of nitrogens with one attached hydrogen (secondary N) is 1. The van der Waals surface area contributed by atoms with E-state index in [2.05, 4.69) is 15.5 Å². The number of para-hydroxylation sites is 1. The lowest BCUT2D eigenvalue weighted by atomic mass is 10.2. The number of anilines is 1. The molecule has 0 bridgehead atoms. The molecule has 0 aliphatic carbocycles. The molecule has 2 N–H and O–H groups in total. The van der Waals surface area contributed by atoms with Gasteiger partial charge in [0.1, 0.15) is 5.76 Å². The fraction of sp³-hybridized carbons (Fsp3) is 0.333. The molecule has 1 amide bonds. The predicted molar refractivity (Wildman–Crippen MR) is 103 cm³/mol. The number of carbonyl (C=O) groups excluding carboxylic acids is 1. The molecule has 1 aromatic carbocycles. The Morgan fingerprint density at radius 1 is 1.41 bits per heavy atom. The Balaban J connectivity index is 1.87. The predicted octanol–water partition coefficient (Wildman–Crippen LogP) is 2.19. The third-order valence-corrected chi connectivity index (χ3v) is 4.99. The van der Waals surface area contributed by atoms with Crippen molar-refractivity contribution in [3.63, 3.8) is 0 Å². The van der Waals surface area contributed by atoms with Gasteiger partial charge in [0.2, 0.25) is 5.91 Å². The summed E-state index contributed by atoms with van der Waals surface area (Å²) in [6, 6.07) is 8.70. The number of hydrogen-bond donors (Lipinski definition) is 2. The van der Waals surface area contributed by atoms with E-state index in [1.54, 1.807) is 38.1 Å². The van der Waals surface area contributed by atoms with Gasteiger partial charge in [-0.1, -0.05) is 29.1 Å². The standard InChI is InChI=1S/C18H20N4O4S/c1-11-10-15(21-26-11)20-16(24)12(2)27-18-19-14-7-4-3-6-13(14)17(25)22(18)8-5-9-23/h3-4,6-7,10,12,23H,5,8-9H2,1-2H3,(H,20,21,24). The largest absolute Gasteiger partial charge is 0.396 e. The maximum Gasteiger partial charge on any atom is 0.262 e. The van der Waals surface area contributed by atoms with E-state index in [1.165, 1.54) is 16.3 Å². The van der Waals surface area contributed by atoms with Crippen LogP contribution in [0.4, 0.5) is 5.82 Å². The van der Waals surface area contributed by atoms with Crippen LogP contribution in [-0.4, -0.2) is 37.6 Å². The van der Waals surface area contributed by atoms with E-state index in [1.807, 2.05) is 6.07 Å². The van der Waals surface area contributed by atoms with Crippen molar-refractivity contribution in [3.8, 4) is 0 Å². The Labute approximate surface area is 159 Å². The fourth-order valence-corrected chi connectivity index (χ4v) is 3.46. The van der Waals surface area contributed by atoms with E-state index in [9.17, 15) is 9.59 Å². The molecule has 2 aromatic heterocycles. The number of rotatable bonds is 7. The second kappa shape index (κ2) is 8.36. The van der Waals surface area contributed by atoms with Gasteiger partial charge in [-0.3, -0.25) is 14.2 Å². The number of carbonyl (C=O) groups is 1. The number of thioether (sulfide) groups is 1. The van der Waals surface area contributed by atoms with E-state index in [0.717, 1.165) is 0 Å². The molecular weight excluding hydrogens is 368 g/mol. The van der Waals surface area contributed by atoms with Gasteiger partial charge in [0.05, 0.1) is 16.2 Å². The summed E-state index contributed by atoms with van der Waals surface area (Å²) in [7, 11) is 0. The lowest BCUT2D eigenvalue weighted by Crippen LogP contribution is -2.27. The first-order valence-electron chi connectivity index (χ1n) is 8.51. The number of aromatic nitrogens is 3. The van der Waals surface area contributed by atoms with E-state index < -0.39 is 5.25 Å². The molecule has 2 heterocycles. The monoisotopic (exact) mass is 388 g/mol. The van der Waals surface area contributed by atoms with Gasteiger partial charge >= 0.3 is 0 Å². The average Bonchev–Trinajstić information content (AvgIpc) is 3.06. The summed E-state index contributed by atoms with van der Waals surface area (Å²) in [5, 5.41) is 16.0. The lowest BCUT2D eigenvalue weighted by Gasteiger charge is -2.15. The normalized spacial score (nSPS) is 12.3. The Hall–Kier alpha value is -2.65. The smallest absolute Gasteiger partial charge is 0.262 e. The highest BCUT2D eigenvalue weighted by Crippen LogP contribution is 2.24. The van der Waals surface area contributed by atoms with Gasteiger partial charge in [0.25, 0.3) is 5.56 Å². The molecule has 142 valence electrons. The zero-order chi connectivity index (χ0) is 19.4. The van der Waals surface area contributed by atoms with Crippen molar-refractivity contribution >= 4 is 34.4 Å². The number of fused-ring (bicyclic) bond motifs is 1. The van der Waals surface area contributed by atoms with Gasteiger partial charge in [0.15, 0.2) is 11.0 Å². The Bertz CT molecular complexity index is 1010. The number of hydrogen-bond acceptors (Lipinski definition) is 7. The number of amides is 1. The minimum Gasteiger partial charge on any atom is -0.396 e. The first kappa shape index (κ1) is 19.1. The molecule has 0 spiro atoms. The van der Waals surface area contributed by atoms with Crippen LogP contribution in [0.3, 0.4) is 0 Å².